The first-order valence-electron chi connectivity index (χ1n) is 10.7. The summed E-state index contributed by atoms with van der Waals surface area (Å²) in [6, 6.07) is 18.7. The van der Waals surface area contributed by atoms with E-state index in [0.29, 0.717) is 16.2 Å². The number of rotatable bonds is 6. The maximum absolute atomic E-state index is 13.5. The van der Waals surface area contributed by atoms with Gasteiger partial charge < -0.3 is 14.6 Å². The summed E-state index contributed by atoms with van der Waals surface area (Å²) >= 11 is 6.18. The van der Waals surface area contributed by atoms with E-state index >= 15 is 0 Å². The van der Waals surface area contributed by atoms with Crippen molar-refractivity contribution in [2.75, 3.05) is 13.3 Å². The van der Waals surface area contributed by atoms with Gasteiger partial charge in [-0.15, -0.1) is 0 Å². The molecule has 0 aliphatic carbocycles. The van der Waals surface area contributed by atoms with Crippen molar-refractivity contribution in [3.05, 3.63) is 105 Å². The van der Waals surface area contributed by atoms with Gasteiger partial charge in [0.2, 0.25) is 0 Å². The lowest BCUT2D eigenvalue weighted by Crippen LogP contribution is -2.32. The normalized spacial score (nSPS) is 11.4. The van der Waals surface area contributed by atoms with E-state index < -0.39 is 27.1 Å². The zero-order chi connectivity index (χ0) is 26.2. The van der Waals surface area contributed by atoms with Gasteiger partial charge in [0, 0.05) is 35.0 Å². The van der Waals surface area contributed by atoms with E-state index in [1.807, 2.05) is 0 Å². The number of halogens is 1. The van der Waals surface area contributed by atoms with Crippen LogP contribution in [0.3, 0.4) is 0 Å². The van der Waals surface area contributed by atoms with E-state index in [4.69, 9.17) is 11.6 Å². The van der Waals surface area contributed by atoms with Gasteiger partial charge in [0.05, 0.1) is 22.5 Å². The Hall–Kier alpha value is -3.95. The first-order chi connectivity index (χ1) is 17.0. The van der Waals surface area contributed by atoms with Crippen LogP contribution in [-0.4, -0.2) is 48.2 Å². The van der Waals surface area contributed by atoms with E-state index in [0.717, 1.165) is 6.26 Å². The van der Waals surface area contributed by atoms with E-state index in [2.05, 4.69) is 0 Å². The predicted molar refractivity (Wildman–Crippen MR) is 137 cm³/mol. The molecule has 0 fully saturated rings. The third-order valence-electron chi connectivity index (χ3n) is 5.72. The highest BCUT2D eigenvalue weighted by atomic mass is 35.5. The zero-order valence-electron chi connectivity index (χ0n) is 19.3. The number of fused-ring (bicyclic) bond motifs is 1. The molecular formula is C26H21ClN2O6S. The Morgan fingerprint density at radius 3 is 2.22 bits per heavy atom. The van der Waals surface area contributed by atoms with Crippen molar-refractivity contribution in [2.24, 2.45) is 0 Å². The summed E-state index contributed by atoms with van der Waals surface area (Å²) in [5, 5.41) is 10.8. The van der Waals surface area contributed by atoms with Gasteiger partial charge in [0.25, 0.3) is 5.91 Å². The maximum atomic E-state index is 13.5. The Morgan fingerprint density at radius 2 is 1.64 bits per heavy atom. The molecule has 8 nitrogen and oxygen atoms in total. The van der Waals surface area contributed by atoms with E-state index in [-0.39, 0.29) is 33.6 Å². The standard InChI is InChI=1S/C26H21ClN2O6S/c1-28(25(31)16-8-11-19(12-9-16)36(2,34)35)15-21-23(26(32)33)29(18-6-4-3-5-7-18)22-14-17(27)10-13-20(22)24(21)30/h3-14H,15H2,1-2H3,(H,32,33). The molecular weight excluding hydrogens is 504 g/mol. The molecule has 10 heteroatoms. The second kappa shape index (κ2) is 9.60. The number of carbonyl (C=O) groups is 2. The summed E-state index contributed by atoms with van der Waals surface area (Å²) in [6.45, 7) is -0.293. The topological polar surface area (TPSA) is 114 Å². The highest BCUT2D eigenvalue weighted by Crippen LogP contribution is 2.25. The monoisotopic (exact) mass is 524 g/mol. The Morgan fingerprint density at radius 1 is 1.00 bits per heavy atom. The Balaban J connectivity index is 1.87. The number of carboxylic acids is 1. The number of aromatic carboxylic acids is 1. The number of carbonyl (C=O) groups excluding carboxylic acids is 1. The minimum atomic E-state index is -3.43. The minimum absolute atomic E-state index is 0.0637. The molecule has 0 radical (unpaired) electrons. The molecule has 0 saturated heterocycles. The highest BCUT2D eigenvalue weighted by Gasteiger charge is 2.25. The van der Waals surface area contributed by atoms with Crippen LogP contribution in [0.1, 0.15) is 26.4 Å². The van der Waals surface area contributed by atoms with Crippen LogP contribution in [0.2, 0.25) is 5.02 Å². The van der Waals surface area contributed by atoms with Crippen LogP contribution in [0, 0.1) is 0 Å². The molecule has 0 saturated carbocycles. The molecule has 1 aromatic heterocycles. The molecule has 0 aliphatic rings. The van der Waals surface area contributed by atoms with Gasteiger partial charge in [0.15, 0.2) is 15.3 Å². The van der Waals surface area contributed by atoms with Crippen molar-refractivity contribution in [2.45, 2.75) is 11.4 Å². The summed E-state index contributed by atoms with van der Waals surface area (Å²) in [4.78, 5) is 40.3. The molecule has 184 valence electrons. The molecule has 0 aliphatic heterocycles. The van der Waals surface area contributed by atoms with Crippen molar-refractivity contribution in [1.29, 1.82) is 0 Å². The summed E-state index contributed by atoms with van der Waals surface area (Å²) in [5.74, 6) is -1.85. The molecule has 36 heavy (non-hydrogen) atoms. The van der Waals surface area contributed by atoms with Gasteiger partial charge in [0.1, 0.15) is 5.69 Å². The number of pyridine rings is 1. The molecule has 3 aromatic carbocycles. The smallest absolute Gasteiger partial charge is 0.353 e. The number of hydrogen-bond acceptors (Lipinski definition) is 5. The number of sulfone groups is 1. The van der Waals surface area contributed by atoms with Gasteiger partial charge in [-0.25, -0.2) is 13.2 Å². The number of aromatic nitrogens is 1. The molecule has 0 bridgehead atoms. The molecule has 0 unspecified atom stereocenters. The molecule has 4 aromatic rings. The largest absolute Gasteiger partial charge is 0.477 e. The minimum Gasteiger partial charge on any atom is -0.477 e. The van der Waals surface area contributed by atoms with Gasteiger partial charge in [-0.1, -0.05) is 29.8 Å². The lowest BCUT2D eigenvalue weighted by atomic mass is 10.0. The fourth-order valence-electron chi connectivity index (χ4n) is 4.00. The van der Waals surface area contributed by atoms with Crippen molar-refractivity contribution in [3.63, 3.8) is 0 Å². The summed E-state index contributed by atoms with van der Waals surface area (Å²) in [7, 11) is -1.99. The number of carboxylic acid groups (broad SMARTS) is 1. The van der Waals surface area contributed by atoms with Crippen molar-refractivity contribution >= 4 is 44.2 Å². The molecule has 1 heterocycles. The Bertz CT molecular complexity index is 1660. The molecule has 4 rings (SSSR count). The maximum Gasteiger partial charge on any atom is 0.353 e. The average Bonchev–Trinajstić information content (AvgIpc) is 2.84. The zero-order valence-corrected chi connectivity index (χ0v) is 20.9. The SMILES string of the molecule is CN(Cc1c(C(=O)O)n(-c2ccccc2)c2cc(Cl)ccc2c1=O)C(=O)c1ccc(S(C)(=O)=O)cc1. The second-order valence-corrected chi connectivity index (χ2v) is 10.7. The fraction of sp³-hybridized carbons (Fsp3) is 0.115. The van der Waals surface area contributed by atoms with E-state index in [1.165, 1.54) is 52.9 Å². The van der Waals surface area contributed by atoms with Gasteiger partial charge >= 0.3 is 5.97 Å². The van der Waals surface area contributed by atoms with Crippen molar-refractivity contribution in [1.82, 2.24) is 9.47 Å². The van der Waals surface area contributed by atoms with Crippen LogP contribution < -0.4 is 5.43 Å². The number of para-hydroxylation sites is 1. The highest BCUT2D eigenvalue weighted by molar-refractivity contribution is 7.90. The predicted octanol–water partition coefficient (Wildman–Crippen LogP) is 4.02. The first-order valence-corrected chi connectivity index (χ1v) is 13.0. The van der Waals surface area contributed by atoms with Crippen LogP contribution in [0.25, 0.3) is 16.6 Å². The third kappa shape index (κ3) is 4.75. The molecule has 0 spiro atoms. The number of hydrogen-bond donors (Lipinski definition) is 1. The van der Waals surface area contributed by atoms with E-state index in [9.17, 15) is 27.9 Å². The number of nitrogens with zero attached hydrogens (tertiary/aromatic N) is 2. The van der Waals surface area contributed by atoms with Crippen molar-refractivity contribution < 1.29 is 23.1 Å². The lowest BCUT2D eigenvalue weighted by Gasteiger charge is -2.22. The molecule has 1 amide bonds. The Labute approximate surface area is 211 Å². The van der Waals surface area contributed by atoms with Crippen LogP contribution >= 0.6 is 11.6 Å². The summed E-state index contributed by atoms with van der Waals surface area (Å²) in [6.07, 6.45) is 1.06. The van der Waals surface area contributed by atoms with Gasteiger partial charge in [-0.3, -0.25) is 9.59 Å². The second-order valence-electron chi connectivity index (χ2n) is 8.25. The molecule has 0 atom stereocenters. The average molecular weight is 525 g/mol. The van der Waals surface area contributed by atoms with Crippen LogP contribution in [0.5, 0.6) is 0 Å². The number of benzene rings is 3. The van der Waals surface area contributed by atoms with Crippen LogP contribution in [0.4, 0.5) is 0 Å². The van der Waals surface area contributed by atoms with Crippen molar-refractivity contribution in [3.8, 4) is 5.69 Å². The summed E-state index contributed by atoms with van der Waals surface area (Å²) in [5.41, 5.74) is 0.132. The fourth-order valence-corrected chi connectivity index (χ4v) is 4.79. The number of amides is 1. The summed E-state index contributed by atoms with van der Waals surface area (Å²) < 4.78 is 24.9. The Kier molecular flexibility index (Phi) is 6.71. The van der Waals surface area contributed by atoms with Gasteiger partial charge in [-0.2, -0.15) is 0 Å². The first kappa shape index (κ1) is 25.2. The lowest BCUT2D eigenvalue weighted by molar-refractivity contribution is 0.0679. The van der Waals surface area contributed by atoms with Gasteiger partial charge in [-0.05, 0) is 54.6 Å². The van der Waals surface area contributed by atoms with Crippen LogP contribution in [-0.2, 0) is 16.4 Å². The quantitative estimate of drug-likeness (QED) is 0.407. The van der Waals surface area contributed by atoms with Crippen LogP contribution in [0.15, 0.2) is 82.5 Å². The molecule has 1 N–H and O–H groups in total. The van der Waals surface area contributed by atoms with E-state index in [1.54, 1.807) is 36.4 Å². The third-order valence-corrected chi connectivity index (χ3v) is 7.08.